The average molecular weight is 220 g/mol. The van der Waals surface area contributed by atoms with E-state index in [0.717, 1.165) is 12.0 Å². The number of hydrogen-bond acceptors (Lipinski definition) is 3. The molecule has 3 nitrogen and oxygen atoms in total. The van der Waals surface area contributed by atoms with Gasteiger partial charge < -0.3 is 9.47 Å². The van der Waals surface area contributed by atoms with Gasteiger partial charge in [-0.2, -0.15) is 0 Å². The first-order valence-electron chi connectivity index (χ1n) is 5.63. The summed E-state index contributed by atoms with van der Waals surface area (Å²) in [4.78, 5) is 11.3. The van der Waals surface area contributed by atoms with E-state index in [4.69, 9.17) is 9.47 Å². The molecule has 0 bridgehead atoms. The van der Waals surface area contributed by atoms with Gasteiger partial charge in [-0.25, -0.2) is 0 Å². The van der Waals surface area contributed by atoms with Crippen molar-refractivity contribution in [3.05, 3.63) is 35.9 Å². The molecule has 1 saturated carbocycles. The number of ether oxygens (including phenoxy) is 2. The maximum absolute atomic E-state index is 11.3. The van der Waals surface area contributed by atoms with E-state index in [-0.39, 0.29) is 18.0 Å². The van der Waals surface area contributed by atoms with Gasteiger partial charge in [-0.15, -0.1) is 0 Å². The zero-order chi connectivity index (χ0) is 11.4. The van der Waals surface area contributed by atoms with Crippen molar-refractivity contribution in [3.8, 4) is 0 Å². The van der Waals surface area contributed by atoms with Crippen LogP contribution in [0, 0.1) is 5.92 Å². The molecule has 2 rings (SSSR count). The molecule has 0 saturated heterocycles. The highest BCUT2D eigenvalue weighted by atomic mass is 16.5. The van der Waals surface area contributed by atoms with Crippen molar-refractivity contribution in [1.82, 2.24) is 0 Å². The van der Waals surface area contributed by atoms with Crippen molar-refractivity contribution in [1.29, 1.82) is 0 Å². The minimum Gasteiger partial charge on any atom is -0.466 e. The van der Waals surface area contributed by atoms with Crippen LogP contribution in [0.15, 0.2) is 30.3 Å². The van der Waals surface area contributed by atoms with Gasteiger partial charge in [-0.3, -0.25) is 4.79 Å². The molecule has 2 atom stereocenters. The topological polar surface area (TPSA) is 35.5 Å². The SMILES string of the molecule is CCOC(=O)[C@H]1C[C@H]1OCc1ccccc1. The quantitative estimate of drug-likeness (QED) is 0.713. The molecule has 1 aliphatic carbocycles. The third kappa shape index (κ3) is 2.83. The number of esters is 1. The fourth-order valence-electron chi connectivity index (χ4n) is 1.63. The lowest BCUT2D eigenvalue weighted by atomic mass is 10.2. The first-order chi connectivity index (χ1) is 7.81. The van der Waals surface area contributed by atoms with Crippen molar-refractivity contribution in [2.75, 3.05) is 6.61 Å². The molecule has 0 radical (unpaired) electrons. The van der Waals surface area contributed by atoms with Crippen molar-refractivity contribution in [3.63, 3.8) is 0 Å². The Kier molecular flexibility index (Phi) is 3.57. The van der Waals surface area contributed by atoms with E-state index < -0.39 is 0 Å². The molecular weight excluding hydrogens is 204 g/mol. The Labute approximate surface area is 95.4 Å². The summed E-state index contributed by atoms with van der Waals surface area (Å²) in [6, 6.07) is 9.97. The van der Waals surface area contributed by atoms with Crippen molar-refractivity contribution < 1.29 is 14.3 Å². The van der Waals surface area contributed by atoms with E-state index >= 15 is 0 Å². The van der Waals surface area contributed by atoms with Crippen molar-refractivity contribution in [2.45, 2.75) is 26.1 Å². The van der Waals surface area contributed by atoms with Crippen molar-refractivity contribution >= 4 is 5.97 Å². The molecule has 0 spiro atoms. The highest BCUT2D eigenvalue weighted by Gasteiger charge is 2.45. The van der Waals surface area contributed by atoms with Gasteiger partial charge in [0.2, 0.25) is 0 Å². The largest absolute Gasteiger partial charge is 0.466 e. The molecule has 1 aromatic carbocycles. The zero-order valence-electron chi connectivity index (χ0n) is 9.39. The van der Waals surface area contributed by atoms with Crippen LogP contribution in [-0.2, 0) is 20.9 Å². The lowest BCUT2D eigenvalue weighted by molar-refractivity contribution is -0.145. The third-order valence-corrected chi connectivity index (χ3v) is 2.63. The minimum atomic E-state index is -0.124. The van der Waals surface area contributed by atoms with Crippen LogP contribution < -0.4 is 0 Å². The smallest absolute Gasteiger partial charge is 0.311 e. The second-order valence-electron chi connectivity index (χ2n) is 3.93. The van der Waals surface area contributed by atoms with Gasteiger partial charge in [-0.1, -0.05) is 30.3 Å². The molecule has 0 aliphatic heterocycles. The number of rotatable bonds is 5. The molecule has 1 aromatic rings. The second kappa shape index (κ2) is 5.12. The Morgan fingerprint density at radius 1 is 1.38 bits per heavy atom. The standard InChI is InChI=1S/C13H16O3/c1-2-15-13(14)11-8-12(11)16-9-10-6-4-3-5-7-10/h3-7,11-12H,2,8-9H2,1H3/t11-,12+/m0/s1. The van der Waals surface area contributed by atoms with Gasteiger partial charge in [0.15, 0.2) is 0 Å². The minimum absolute atomic E-state index is 0.0383. The Balaban J connectivity index is 1.72. The molecular formula is C13H16O3. The summed E-state index contributed by atoms with van der Waals surface area (Å²) < 4.78 is 10.5. The number of hydrogen-bond donors (Lipinski definition) is 0. The Hall–Kier alpha value is -1.35. The van der Waals surface area contributed by atoms with Gasteiger partial charge >= 0.3 is 5.97 Å². The van der Waals surface area contributed by atoms with E-state index in [1.54, 1.807) is 0 Å². The summed E-state index contributed by atoms with van der Waals surface area (Å²) in [6.45, 7) is 2.84. The molecule has 1 aliphatic rings. The van der Waals surface area contributed by atoms with Gasteiger partial charge in [-0.05, 0) is 18.9 Å². The highest BCUT2D eigenvalue weighted by molar-refractivity contribution is 5.76. The number of carbonyl (C=O) groups is 1. The molecule has 1 fully saturated rings. The highest BCUT2D eigenvalue weighted by Crippen LogP contribution is 2.35. The number of carbonyl (C=O) groups excluding carboxylic acids is 1. The Morgan fingerprint density at radius 2 is 2.12 bits per heavy atom. The molecule has 0 heterocycles. The van der Waals surface area contributed by atoms with Gasteiger partial charge in [0.1, 0.15) is 0 Å². The summed E-state index contributed by atoms with van der Waals surface area (Å²) in [6.07, 6.45) is 0.852. The summed E-state index contributed by atoms with van der Waals surface area (Å²) in [5.74, 6) is -0.163. The van der Waals surface area contributed by atoms with Crippen LogP contribution in [0.25, 0.3) is 0 Å². The predicted molar refractivity (Wildman–Crippen MR) is 59.8 cm³/mol. The third-order valence-electron chi connectivity index (χ3n) is 2.63. The van der Waals surface area contributed by atoms with Gasteiger partial charge in [0, 0.05) is 0 Å². The van der Waals surface area contributed by atoms with Gasteiger partial charge in [0.05, 0.1) is 25.2 Å². The maximum Gasteiger partial charge on any atom is 0.311 e. The van der Waals surface area contributed by atoms with Crippen LogP contribution in [-0.4, -0.2) is 18.7 Å². The molecule has 0 N–H and O–H groups in total. The summed E-state index contributed by atoms with van der Waals surface area (Å²) in [7, 11) is 0. The fourth-order valence-corrected chi connectivity index (χ4v) is 1.63. The van der Waals surface area contributed by atoms with Crippen LogP contribution in [0.4, 0.5) is 0 Å². The summed E-state index contributed by atoms with van der Waals surface area (Å²) in [5, 5.41) is 0. The lowest BCUT2D eigenvalue weighted by Gasteiger charge is -2.03. The van der Waals surface area contributed by atoms with E-state index in [1.165, 1.54) is 0 Å². The van der Waals surface area contributed by atoms with Crippen LogP contribution in [0.3, 0.4) is 0 Å². The summed E-state index contributed by atoms with van der Waals surface area (Å²) >= 11 is 0. The monoisotopic (exact) mass is 220 g/mol. The number of benzene rings is 1. The normalized spacial score (nSPS) is 22.8. The fraction of sp³-hybridized carbons (Fsp3) is 0.462. The molecule has 16 heavy (non-hydrogen) atoms. The van der Waals surface area contributed by atoms with Crippen LogP contribution in [0.5, 0.6) is 0 Å². The first-order valence-corrected chi connectivity index (χ1v) is 5.63. The zero-order valence-corrected chi connectivity index (χ0v) is 9.39. The first kappa shape index (κ1) is 11.1. The van der Waals surface area contributed by atoms with Gasteiger partial charge in [0.25, 0.3) is 0 Å². The van der Waals surface area contributed by atoms with Crippen molar-refractivity contribution in [2.24, 2.45) is 5.92 Å². The Bertz CT molecular complexity index is 347. The second-order valence-corrected chi connectivity index (χ2v) is 3.93. The van der Waals surface area contributed by atoms with E-state index in [0.29, 0.717) is 13.2 Å². The molecule has 3 heteroatoms. The molecule has 0 amide bonds. The van der Waals surface area contributed by atoms with E-state index in [9.17, 15) is 4.79 Å². The Morgan fingerprint density at radius 3 is 2.81 bits per heavy atom. The predicted octanol–water partition coefficient (Wildman–Crippen LogP) is 2.15. The van der Waals surface area contributed by atoms with Crippen LogP contribution in [0.2, 0.25) is 0 Å². The van der Waals surface area contributed by atoms with E-state index in [2.05, 4.69) is 0 Å². The molecule has 0 aromatic heterocycles. The maximum atomic E-state index is 11.3. The van der Waals surface area contributed by atoms with E-state index in [1.807, 2.05) is 37.3 Å². The average Bonchev–Trinajstić information content (AvgIpc) is 3.08. The molecule has 86 valence electrons. The molecule has 0 unspecified atom stereocenters. The lowest BCUT2D eigenvalue weighted by Crippen LogP contribution is -2.10. The van der Waals surface area contributed by atoms with Crippen LogP contribution in [0.1, 0.15) is 18.9 Å². The van der Waals surface area contributed by atoms with Crippen LogP contribution >= 0.6 is 0 Å². The summed E-state index contributed by atoms with van der Waals surface area (Å²) in [5.41, 5.74) is 1.14.